The average molecular weight is 382 g/mol. The van der Waals surface area contributed by atoms with Crippen molar-refractivity contribution >= 4 is 21.7 Å². The van der Waals surface area contributed by atoms with Gasteiger partial charge >= 0.3 is 0 Å². The maximum absolute atomic E-state index is 12.4. The number of sulfonamides is 1. The fraction of sp³-hybridized carbons (Fsp3) is 0.588. The molecule has 1 aliphatic heterocycles. The Morgan fingerprint density at radius 1 is 1.31 bits per heavy atom. The number of rotatable bonds is 5. The van der Waals surface area contributed by atoms with Gasteiger partial charge in [0.2, 0.25) is 15.9 Å². The summed E-state index contributed by atoms with van der Waals surface area (Å²) in [6.45, 7) is 6.88. The Balaban J connectivity index is 2.25. The Kier molecular flexibility index (Phi) is 6.35. The van der Waals surface area contributed by atoms with Crippen LogP contribution in [0.1, 0.15) is 12.6 Å². The molecule has 0 radical (unpaired) electrons. The first kappa shape index (κ1) is 20.3. The molecule has 0 N–H and O–H groups in total. The number of nitrogens with zero attached hydrogens (tertiary/aromatic N) is 5. The number of hydrogen-bond acceptors (Lipinski definition) is 6. The van der Waals surface area contributed by atoms with Gasteiger partial charge in [-0.25, -0.2) is 22.7 Å². The molecule has 26 heavy (non-hydrogen) atoms. The monoisotopic (exact) mass is 381 g/mol. The van der Waals surface area contributed by atoms with E-state index in [-0.39, 0.29) is 11.8 Å². The summed E-state index contributed by atoms with van der Waals surface area (Å²) < 4.78 is 25.6. The van der Waals surface area contributed by atoms with E-state index in [1.807, 2.05) is 25.1 Å². The number of carbonyl (C=O) groups is 1. The quantitative estimate of drug-likeness (QED) is 0.686. The maximum atomic E-state index is 12.4. The van der Waals surface area contributed by atoms with E-state index >= 15 is 0 Å². The highest BCUT2D eigenvalue weighted by atomic mass is 32.2. The smallest absolute Gasteiger partial charge is 0.248 e. The SMILES string of the molecule is C=C(C)C(=O)N1CCN(S(C)(=O)=O)CC(Cc2cc(N(C)C)ncn2)C1. The third kappa shape index (κ3) is 5.25. The summed E-state index contributed by atoms with van der Waals surface area (Å²) in [5.41, 5.74) is 1.28. The van der Waals surface area contributed by atoms with E-state index in [0.29, 0.717) is 38.2 Å². The van der Waals surface area contributed by atoms with Gasteiger partial charge in [0.05, 0.1) is 6.26 Å². The van der Waals surface area contributed by atoms with Crippen molar-refractivity contribution in [3.05, 3.63) is 30.2 Å². The van der Waals surface area contributed by atoms with Crippen LogP contribution >= 0.6 is 0 Å². The van der Waals surface area contributed by atoms with Crippen LogP contribution in [0.4, 0.5) is 5.82 Å². The lowest BCUT2D eigenvalue weighted by Gasteiger charge is -2.24. The third-order valence-electron chi connectivity index (χ3n) is 4.35. The van der Waals surface area contributed by atoms with Crippen LogP contribution in [-0.2, 0) is 21.2 Å². The number of aromatic nitrogens is 2. The van der Waals surface area contributed by atoms with Crippen molar-refractivity contribution in [1.29, 1.82) is 0 Å². The van der Waals surface area contributed by atoms with Crippen LogP contribution in [0, 0.1) is 5.92 Å². The molecule has 1 amide bonds. The van der Waals surface area contributed by atoms with Gasteiger partial charge in [0.15, 0.2) is 0 Å². The van der Waals surface area contributed by atoms with Crippen molar-refractivity contribution in [3.63, 3.8) is 0 Å². The fourth-order valence-electron chi connectivity index (χ4n) is 2.99. The summed E-state index contributed by atoms with van der Waals surface area (Å²) >= 11 is 0. The first-order valence-corrected chi connectivity index (χ1v) is 10.3. The molecule has 144 valence electrons. The molecule has 0 aromatic carbocycles. The predicted molar refractivity (Wildman–Crippen MR) is 101 cm³/mol. The van der Waals surface area contributed by atoms with E-state index in [1.165, 1.54) is 16.9 Å². The molecule has 1 aromatic heterocycles. The van der Waals surface area contributed by atoms with Crippen molar-refractivity contribution in [3.8, 4) is 0 Å². The van der Waals surface area contributed by atoms with E-state index < -0.39 is 10.0 Å². The molecule has 1 atom stereocenters. The van der Waals surface area contributed by atoms with Crippen LogP contribution in [0.2, 0.25) is 0 Å². The zero-order valence-corrected chi connectivity index (χ0v) is 16.7. The van der Waals surface area contributed by atoms with Crippen LogP contribution in [0.5, 0.6) is 0 Å². The van der Waals surface area contributed by atoms with Gasteiger partial charge in [-0.15, -0.1) is 0 Å². The molecule has 1 aromatic rings. The molecule has 0 bridgehead atoms. The fourth-order valence-corrected chi connectivity index (χ4v) is 3.89. The molecule has 2 heterocycles. The summed E-state index contributed by atoms with van der Waals surface area (Å²) in [5, 5.41) is 0. The maximum Gasteiger partial charge on any atom is 0.248 e. The predicted octanol–water partition coefficient (Wildman–Crippen LogP) is 0.381. The average Bonchev–Trinajstić information content (AvgIpc) is 2.76. The second kappa shape index (κ2) is 8.13. The van der Waals surface area contributed by atoms with Gasteiger partial charge < -0.3 is 9.80 Å². The van der Waals surface area contributed by atoms with Gasteiger partial charge in [0.25, 0.3) is 0 Å². The minimum atomic E-state index is -3.33. The molecular weight excluding hydrogens is 354 g/mol. The third-order valence-corrected chi connectivity index (χ3v) is 5.62. The second-order valence-corrected chi connectivity index (χ2v) is 8.97. The van der Waals surface area contributed by atoms with Crippen molar-refractivity contribution in [2.45, 2.75) is 13.3 Å². The van der Waals surface area contributed by atoms with Crippen LogP contribution in [0.3, 0.4) is 0 Å². The molecule has 0 spiro atoms. The van der Waals surface area contributed by atoms with E-state index in [0.717, 1.165) is 11.5 Å². The molecule has 1 saturated heterocycles. The molecule has 2 rings (SSSR count). The minimum Gasteiger partial charge on any atom is -0.363 e. The first-order chi connectivity index (χ1) is 12.1. The van der Waals surface area contributed by atoms with Crippen molar-refractivity contribution < 1.29 is 13.2 Å². The number of amides is 1. The Morgan fingerprint density at radius 2 is 2.00 bits per heavy atom. The van der Waals surface area contributed by atoms with Crippen molar-refractivity contribution in [2.75, 3.05) is 51.4 Å². The lowest BCUT2D eigenvalue weighted by Crippen LogP contribution is -2.37. The van der Waals surface area contributed by atoms with E-state index in [2.05, 4.69) is 16.5 Å². The molecule has 1 aliphatic rings. The van der Waals surface area contributed by atoms with Gasteiger partial charge in [0, 0.05) is 57.6 Å². The highest BCUT2D eigenvalue weighted by Crippen LogP contribution is 2.19. The highest BCUT2D eigenvalue weighted by molar-refractivity contribution is 7.88. The zero-order chi connectivity index (χ0) is 19.5. The first-order valence-electron chi connectivity index (χ1n) is 8.46. The van der Waals surface area contributed by atoms with Crippen LogP contribution in [0.25, 0.3) is 0 Å². The largest absolute Gasteiger partial charge is 0.363 e. The van der Waals surface area contributed by atoms with E-state index in [1.54, 1.807) is 11.8 Å². The minimum absolute atomic E-state index is 0.0552. The van der Waals surface area contributed by atoms with E-state index in [9.17, 15) is 13.2 Å². The molecule has 0 aliphatic carbocycles. The van der Waals surface area contributed by atoms with Crippen LogP contribution in [0.15, 0.2) is 24.5 Å². The second-order valence-electron chi connectivity index (χ2n) is 6.98. The standard InChI is InChI=1S/C17H27N5O3S/c1-13(2)17(23)21-6-7-22(26(5,24)25)11-14(10-21)8-15-9-16(20(3)4)19-12-18-15/h9,12,14H,1,6-8,10-11H2,2-5H3. The van der Waals surface area contributed by atoms with Gasteiger partial charge in [-0.3, -0.25) is 4.79 Å². The Bertz CT molecular complexity index is 778. The summed E-state index contributed by atoms with van der Waals surface area (Å²) in [6, 6.07) is 1.89. The summed E-state index contributed by atoms with van der Waals surface area (Å²) in [5.74, 6) is 0.598. The van der Waals surface area contributed by atoms with Crippen molar-refractivity contribution in [1.82, 2.24) is 19.2 Å². The van der Waals surface area contributed by atoms with Gasteiger partial charge in [-0.05, 0) is 19.3 Å². The van der Waals surface area contributed by atoms with Crippen LogP contribution < -0.4 is 4.90 Å². The molecule has 1 unspecified atom stereocenters. The summed E-state index contributed by atoms with van der Waals surface area (Å²) in [6.07, 6.45) is 3.27. The van der Waals surface area contributed by atoms with Gasteiger partial charge in [-0.1, -0.05) is 6.58 Å². The lowest BCUT2D eigenvalue weighted by molar-refractivity contribution is -0.127. The number of anilines is 1. The highest BCUT2D eigenvalue weighted by Gasteiger charge is 2.30. The molecule has 0 saturated carbocycles. The molecule has 9 heteroatoms. The van der Waals surface area contributed by atoms with Gasteiger partial charge in [-0.2, -0.15) is 0 Å². The topological polar surface area (TPSA) is 86.7 Å². The Morgan fingerprint density at radius 3 is 2.58 bits per heavy atom. The summed E-state index contributed by atoms with van der Waals surface area (Å²) in [4.78, 5) is 24.5. The van der Waals surface area contributed by atoms with E-state index in [4.69, 9.17) is 0 Å². The summed E-state index contributed by atoms with van der Waals surface area (Å²) in [7, 11) is 0.465. The Hall–Kier alpha value is -2.00. The van der Waals surface area contributed by atoms with Crippen molar-refractivity contribution in [2.24, 2.45) is 5.92 Å². The lowest BCUT2D eigenvalue weighted by atomic mass is 10.0. The van der Waals surface area contributed by atoms with Gasteiger partial charge in [0.1, 0.15) is 12.1 Å². The zero-order valence-electron chi connectivity index (χ0n) is 15.8. The molecular formula is C17H27N5O3S. The molecule has 1 fully saturated rings. The normalized spacial score (nSPS) is 19.1. The number of hydrogen-bond donors (Lipinski definition) is 0. The molecule has 8 nitrogen and oxygen atoms in total. The number of carbonyl (C=O) groups excluding carboxylic acids is 1. The van der Waals surface area contributed by atoms with Crippen LogP contribution in [-0.4, -0.2) is 80.0 Å². The Labute approximate surface area is 155 Å².